The number of nitrogens with one attached hydrogen (secondary N) is 1. The summed E-state index contributed by atoms with van der Waals surface area (Å²) >= 11 is 0. The Morgan fingerprint density at radius 2 is 1.97 bits per heavy atom. The largest absolute Gasteiger partial charge is 0.396 e. The fourth-order valence-electron chi connectivity index (χ4n) is 4.56. The number of rotatable bonds is 11. The Bertz CT molecular complexity index is 1320. The first-order chi connectivity index (χ1) is 18.2. The maximum atomic E-state index is 13.7. The number of benzene rings is 2. The molecule has 38 heavy (non-hydrogen) atoms. The standard InChI is InChI=1S/C28H33N5O5/c1-19(8-5-6-14-32-18-23(13-15-34)30-31-32)28(38)24-11-3-4-12-25(24)33(27(28)37)17-21-9-7-10-22(16-21)29-26(36)20(2)35/h3-5,7-12,16,18-20,34-35,38H,6,13-15,17H2,1-2H3,(H,29,36)/b8-5+/t19-,20+,28+/m1/s1. The van der Waals surface area contributed by atoms with Crippen molar-refractivity contribution in [2.75, 3.05) is 16.8 Å². The zero-order chi connectivity index (χ0) is 27.3. The van der Waals surface area contributed by atoms with Gasteiger partial charge >= 0.3 is 0 Å². The lowest BCUT2D eigenvalue weighted by Gasteiger charge is -2.27. The molecule has 0 spiro atoms. The smallest absolute Gasteiger partial charge is 0.264 e. The summed E-state index contributed by atoms with van der Waals surface area (Å²) in [4.78, 5) is 27.1. The first-order valence-corrected chi connectivity index (χ1v) is 12.6. The van der Waals surface area contributed by atoms with Gasteiger partial charge in [0.2, 0.25) is 0 Å². The summed E-state index contributed by atoms with van der Waals surface area (Å²) in [5.41, 5.74) is 1.45. The molecule has 4 rings (SSSR count). The number of hydrogen-bond acceptors (Lipinski definition) is 7. The predicted molar refractivity (Wildman–Crippen MR) is 142 cm³/mol. The number of allylic oxidation sites excluding steroid dienone is 1. The van der Waals surface area contributed by atoms with Gasteiger partial charge in [-0.15, -0.1) is 5.10 Å². The van der Waals surface area contributed by atoms with Gasteiger partial charge < -0.3 is 25.5 Å². The summed E-state index contributed by atoms with van der Waals surface area (Å²) in [7, 11) is 0. The lowest BCUT2D eigenvalue weighted by atomic mass is 9.83. The van der Waals surface area contributed by atoms with Gasteiger partial charge in [0.05, 0.1) is 17.9 Å². The second kappa shape index (κ2) is 11.7. The molecule has 10 nitrogen and oxygen atoms in total. The van der Waals surface area contributed by atoms with Crippen molar-refractivity contribution in [1.29, 1.82) is 0 Å². The van der Waals surface area contributed by atoms with Gasteiger partial charge in [-0.25, -0.2) is 0 Å². The van der Waals surface area contributed by atoms with Crippen LogP contribution in [0.3, 0.4) is 0 Å². The van der Waals surface area contributed by atoms with Crippen molar-refractivity contribution >= 4 is 23.2 Å². The van der Waals surface area contributed by atoms with E-state index in [0.717, 1.165) is 11.3 Å². The third kappa shape index (κ3) is 5.67. The third-order valence-corrected chi connectivity index (χ3v) is 6.65. The molecule has 3 atom stereocenters. The maximum Gasteiger partial charge on any atom is 0.264 e. The Hall–Kier alpha value is -3.86. The van der Waals surface area contributed by atoms with E-state index in [1.54, 1.807) is 46.1 Å². The van der Waals surface area contributed by atoms with Crippen LogP contribution in [0.15, 0.2) is 66.9 Å². The van der Waals surface area contributed by atoms with E-state index >= 15 is 0 Å². The highest BCUT2D eigenvalue weighted by atomic mass is 16.3. The number of carbonyl (C=O) groups excluding carboxylic acids is 2. The molecule has 1 aliphatic rings. The van der Waals surface area contributed by atoms with Crippen LogP contribution in [0.5, 0.6) is 0 Å². The summed E-state index contributed by atoms with van der Waals surface area (Å²) < 4.78 is 1.70. The number of carbonyl (C=O) groups is 2. The van der Waals surface area contributed by atoms with E-state index in [4.69, 9.17) is 5.11 Å². The molecule has 200 valence electrons. The molecule has 10 heteroatoms. The van der Waals surface area contributed by atoms with Crippen LogP contribution in [0.25, 0.3) is 0 Å². The highest BCUT2D eigenvalue weighted by molar-refractivity contribution is 6.07. The van der Waals surface area contributed by atoms with E-state index in [1.165, 1.54) is 6.92 Å². The van der Waals surface area contributed by atoms with Gasteiger partial charge in [-0.1, -0.05) is 54.6 Å². The van der Waals surface area contributed by atoms with Crippen LogP contribution in [0.1, 0.15) is 37.1 Å². The summed E-state index contributed by atoms with van der Waals surface area (Å²) in [6.45, 7) is 4.01. The van der Waals surface area contributed by atoms with E-state index in [2.05, 4.69) is 15.6 Å². The van der Waals surface area contributed by atoms with Crippen LogP contribution >= 0.6 is 0 Å². The molecule has 2 heterocycles. The Kier molecular flexibility index (Phi) is 8.35. The van der Waals surface area contributed by atoms with E-state index in [9.17, 15) is 19.8 Å². The summed E-state index contributed by atoms with van der Waals surface area (Å²) in [6.07, 6.45) is 5.50. The number of para-hydroxylation sites is 1. The molecular weight excluding hydrogens is 486 g/mol. The molecule has 0 fully saturated rings. The summed E-state index contributed by atoms with van der Waals surface area (Å²) in [6, 6.07) is 14.3. The molecule has 0 bridgehead atoms. The first-order valence-electron chi connectivity index (χ1n) is 12.6. The van der Waals surface area contributed by atoms with E-state index in [1.807, 2.05) is 37.3 Å². The van der Waals surface area contributed by atoms with Gasteiger partial charge in [0.15, 0.2) is 5.60 Å². The molecule has 1 aliphatic heterocycles. The molecule has 2 amide bonds. The van der Waals surface area contributed by atoms with Crippen molar-refractivity contribution in [3.8, 4) is 0 Å². The number of amides is 2. The van der Waals surface area contributed by atoms with Crippen molar-refractivity contribution in [3.63, 3.8) is 0 Å². The minimum atomic E-state index is -1.73. The topological polar surface area (TPSA) is 141 Å². The number of aryl methyl sites for hydroxylation is 1. The summed E-state index contributed by atoms with van der Waals surface area (Å²) in [5.74, 6) is -1.44. The lowest BCUT2D eigenvalue weighted by Crippen LogP contribution is -2.44. The number of aliphatic hydroxyl groups is 3. The van der Waals surface area contributed by atoms with Gasteiger partial charge in [-0.3, -0.25) is 14.3 Å². The Morgan fingerprint density at radius 1 is 1.18 bits per heavy atom. The fraction of sp³-hybridized carbons (Fsp3) is 0.357. The Labute approximate surface area is 221 Å². The van der Waals surface area contributed by atoms with Crippen LogP contribution in [-0.2, 0) is 34.7 Å². The molecule has 0 unspecified atom stereocenters. The van der Waals surface area contributed by atoms with Crippen LogP contribution in [-0.4, -0.2) is 54.8 Å². The SMILES string of the molecule is C[C@H](O)C(=O)Nc1cccc(CN2C(=O)[C@](O)([C@H](C)/C=C/CCn3cc(CCO)nn3)c3ccccc32)c1. The highest BCUT2D eigenvalue weighted by Crippen LogP contribution is 2.45. The quantitative estimate of drug-likeness (QED) is 0.285. The highest BCUT2D eigenvalue weighted by Gasteiger charge is 2.52. The Balaban J connectivity index is 1.48. The van der Waals surface area contributed by atoms with Gasteiger partial charge in [-0.05, 0) is 37.1 Å². The Morgan fingerprint density at radius 3 is 2.74 bits per heavy atom. The lowest BCUT2D eigenvalue weighted by molar-refractivity contribution is -0.139. The van der Waals surface area contributed by atoms with Crippen LogP contribution in [0.4, 0.5) is 11.4 Å². The van der Waals surface area contributed by atoms with Crippen molar-refractivity contribution in [2.45, 2.75) is 51.5 Å². The molecule has 4 N–H and O–H groups in total. The molecular formula is C28H33N5O5. The number of aliphatic hydroxyl groups excluding tert-OH is 2. The number of aromatic nitrogens is 3. The van der Waals surface area contributed by atoms with Gasteiger partial charge in [0.1, 0.15) is 6.10 Å². The van der Waals surface area contributed by atoms with Crippen molar-refractivity contribution in [1.82, 2.24) is 15.0 Å². The second-order valence-electron chi connectivity index (χ2n) is 9.49. The monoisotopic (exact) mass is 519 g/mol. The van der Waals surface area contributed by atoms with Crippen molar-refractivity contribution < 1.29 is 24.9 Å². The molecule has 0 radical (unpaired) electrons. The van der Waals surface area contributed by atoms with E-state index in [0.29, 0.717) is 36.3 Å². The van der Waals surface area contributed by atoms with Crippen LogP contribution in [0.2, 0.25) is 0 Å². The van der Waals surface area contributed by atoms with Gasteiger partial charge in [0.25, 0.3) is 11.8 Å². The number of fused-ring (bicyclic) bond motifs is 1. The zero-order valence-corrected chi connectivity index (χ0v) is 21.5. The molecule has 0 saturated heterocycles. The minimum absolute atomic E-state index is 0.0200. The summed E-state index contributed by atoms with van der Waals surface area (Å²) in [5, 5.41) is 41.0. The average Bonchev–Trinajstić information content (AvgIpc) is 3.44. The molecule has 1 aromatic heterocycles. The second-order valence-corrected chi connectivity index (χ2v) is 9.49. The molecule has 0 saturated carbocycles. The number of nitrogens with zero attached hydrogens (tertiary/aromatic N) is 4. The average molecular weight is 520 g/mol. The van der Waals surface area contributed by atoms with E-state index in [-0.39, 0.29) is 13.2 Å². The van der Waals surface area contributed by atoms with Gasteiger partial charge in [0, 0.05) is 42.9 Å². The number of anilines is 2. The minimum Gasteiger partial charge on any atom is -0.396 e. The fourth-order valence-corrected chi connectivity index (χ4v) is 4.56. The van der Waals surface area contributed by atoms with Crippen molar-refractivity contribution in [3.05, 3.63) is 83.7 Å². The first kappa shape index (κ1) is 27.2. The predicted octanol–water partition coefficient (Wildman–Crippen LogP) is 2.15. The molecule has 0 aliphatic carbocycles. The number of hydrogen-bond donors (Lipinski definition) is 4. The van der Waals surface area contributed by atoms with Crippen molar-refractivity contribution in [2.24, 2.45) is 5.92 Å². The van der Waals surface area contributed by atoms with Gasteiger partial charge in [-0.2, -0.15) is 0 Å². The maximum absolute atomic E-state index is 13.7. The molecule has 2 aromatic carbocycles. The van der Waals surface area contributed by atoms with E-state index < -0.39 is 29.4 Å². The normalized spacial score (nSPS) is 18.6. The third-order valence-electron chi connectivity index (χ3n) is 6.65. The van der Waals surface area contributed by atoms with Crippen LogP contribution < -0.4 is 10.2 Å². The zero-order valence-electron chi connectivity index (χ0n) is 21.5. The van der Waals surface area contributed by atoms with Crippen LogP contribution in [0, 0.1) is 5.92 Å². The molecule has 3 aromatic rings.